The number of hydrogen-bond donors (Lipinski definition) is 2. The largest absolute Gasteiger partial charge is 0.486 e. The van der Waals surface area contributed by atoms with E-state index in [9.17, 15) is 24.0 Å². The zero-order valence-electron chi connectivity index (χ0n) is 32.0. The van der Waals surface area contributed by atoms with Crippen molar-refractivity contribution in [1.29, 1.82) is 0 Å². The Kier molecular flexibility index (Phi) is 10.2. The molecule has 7 heterocycles. The molecule has 3 fully saturated rings. The molecule has 0 radical (unpaired) electrons. The Balaban J connectivity index is 0.783. The lowest BCUT2D eigenvalue weighted by Crippen LogP contribution is -2.54. The topological polar surface area (TPSA) is 174 Å². The first-order valence-corrected chi connectivity index (χ1v) is 20.3. The SMILES string of the molecule is C[C@@H](Oc1ccc2[nH]nc(-c3ccc(N4CCN(C(=O)C5CCN(c6ccc7c(c6)C(=O)N(C6CCC(=O)NC6=O)C7=O)CC5)CC4)nc3)c2c1)c1c(Cl)cncc1Cl. The molecule has 9 rings (SSSR count). The first-order chi connectivity index (χ1) is 28.5. The second-order valence-electron chi connectivity index (χ2n) is 15.2. The van der Waals surface area contributed by atoms with Gasteiger partial charge in [0.25, 0.3) is 11.8 Å². The monoisotopic (exact) mass is 835 g/mol. The summed E-state index contributed by atoms with van der Waals surface area (Å²) in [6.45, 7) is 5.63. The van der Waals surface area contributed by atoms with Crippen molar-refractivity contribution in [2.24, 2.45) is 5.92 Å². The number of aromatic nitrogens is 4. The molecule has 3 aromatic heterocycles. The van der Waals surface area contributed by atoms with Crippen LogP contribution in [-0.2, 0) is 14.4 Å². The summed E-state index contributed by atoms with van der Waals surface area (Å²) >= 11 is 12.7. The van der Waals surface area contributed by atoms with Crippen LogP contribution in [0.3, 0.4) is 0 Å². The maximum atomic E-state index is 13.7. The molecule has 0 spiro atoms. The van der Waals surface area contributed by atoms with Crippen LogP contribution in [0.2, 0.25) is 10.0 Å². The van der Waals surface area contributed by atoms with E-state index in [4.69, 9.17) is 32.9 Å². The molecule has 302 valence electrons. The van der Waals surface area contributed by atoms with E-state index in [1.54, 1.807) is 24.5 Å². The van der Waals surface area contributed by atoms with Crippen molar-refractivity contribution in [3.8, 4) is 17.0 Å². The summed E-state index contributed by atoms with van der Waals surface area (Å²) in [6, 6.07) is 13.8. The van der Waals surface area contributed by atoms with Gasteiger partial charge in [-0.05, 0) is 74.7 Å². The summed E-state index contributed by atoms with van der Waals surface area (Å²) in [4.78, 5) is 80.3. The molecular formula is C42H39Cl2N9O6. The molecule has 2 atom stereocenters. The minimum absolute atomic E-state index is 0.0661. The van der Waals surface area contributed by atoms with E-state index in [2.05, 4.69) is 30.3 Å². The number of benzene rings is 2. The predicted molar refractivity (Wildman–Crippen MR) is 219 cm³/mol. The molecule has 3 saturated heterocycles. The minimum atomic E-state index is -1.01. The Morgan fingerprint density at radius 2 is 1.58 bits per heavy atom. The van der Waals surface area contributed by atoms with Gasteiger partial charge in [-0.25, -0.2) is 4.98 Å². The number of piperidine rings is 2. The number of halogens is 2. The molecular weight excluding hydrogens is 797 g/mol. The lowest BCUT2D eigenvalue weighted by atomic mass is 9.94. The summed E-state index contributed by atoms with van der Waals surface area (Å²) < 4.78 is 6.23. The summed E-state index contributed by atoms with van der Waals surface area (Å²) in [7, 11) is 0. The van der Waals surface area contributed by atoms with Crippen LogP contribution in [0.5, 0.6) is 5.75 Å². The fraction of sp³-hybridized carbons (Fsp3) is 0.333. The number of carbonyl (C=O) groups is 5. The maximum Gasteiger partial charge on any atom is 0.262 e. The molecule has 17 heteroatoms. The van der Waals surface area contributed by atoms with Gasteiger partial charge in [0, 0.05) is 92.4 Å². The predicted octanol–water partition coefficient (Wildman–Crippen LogP) is 5.43. The van der Waals surface area contributed by atoms with Gasteiger partial charge in [0.15, 0.2) is 0 Å². The fourth-order valence-corrected chi connectivity index (χ4v) is 9.20. The highest BCUT2D eigenvalue weighted by Crippen LogP contribution is 2.36. The van der Waals surface area contributed by atoms with Crippen LogP contribution in [0.15, 0.2) is 67.1 Å². The average molecular weight is 837 g/mol. The molecule has 0 aliphatic carbocycles. The number of hydrogen-bond acceptors (Lipinski definition) is 11. The third-order valence-electron chi connectivity index (χ3n) is 11.7. The van der Waals surface area contributed by atoms with Gasteiger partial charge >= 0.3 is 0 Å². The number of aromatic amines is 1. The number of rotatable bonds is 8. The number of fused-ring (bicyclic) bond motifs is 2. The first-order valence-electron chi connectivity index (χ1n) is 19.6. The Morgan fingerprint density at radius 1 is 0.831 bits per heavy atom. The Hall–Kier alpha value is -6.06. The van der Waals surface area contributed by atoms with E-state index in [1.165, 1.54) is 0 Å². The van der Waals surface area contributed by atoms with Crippen LogP contribution in [0.4, 0.5) is 11.5 Å². The van der Waals surface area contributed by atoms with Gasteiger partial charge in [0.2, 0.25) is 17.7 Å². The molecule has 4 aliphatic heterocycles. The number of nitrogens with zero attached hydrogens (tertiary/aromatic N) is 7. The van der Waals surface area contributed by atoms with Gasteiger partial charge in [0.05, 0.1) is 26.7 Å². The fourth-order valence-electron chi connectivity index (χ4n) is 8.53. The minimum Gasteiger partial charge on any atom is -0.486 e. The number of pyridine rings is 2. The van der Waals surface area contributed by atoms with E-state index in [0.717, 1.165) is 38.6 Å². The van der Waals surface area contributed by atoms with E-state index >= 15 is 0 Å². The highest BCUT2D eigenvalue weighted by atomic mass is 35.5. The van der Waals surface area contributed by atoms with Gasteiger partial charge in [-0.3, -0.25) is 44.3 Å². The van der Waals surface area contributed by atoms with E-state index in [0.29, 0.717) is 73.5 Å². The second-order valence-corrected chi connectivity index (χ2v) is 16.0. The number of carbonyl (C=O) groups excluding carboxylic acids is 5. The first kappa shape index (κ1) is 38.5. The molecule has 59 heavy (non-hydrogen) atoms. The molecule has 0 bridgehead atoms. The van der Waals surface area contributed by atoms with Crippen LogP contribution < -0.4 is 19.9 Å². The van der Waals surface area contributed by atoms with Gasteiger partial charge in [-0.1, -0.05) is 23.2 Å². The average Bonchev–Trinajstić information content (AvgIpc) is 3.77. The maximum absolute atomic E-state index is 13.7. The van der Waals surface area contributed by atoms with Crippen LogP contribution in [0.1, 0.15) is 65.0 Å². The molecule has 2 aromatic carbocycles. The molecule has 5 aromatic rings. The smallest absolute Gasteiger partial charge is 0.262 e. The summed E-state index contributed by atoms with van der Waals surface area (Å²) in [5, 5.41) is 11.6. The van der Waals surface area contributed by atoms with Crippen molar-refractivity contribution in [3.05, 3.63) is 93.9 Å². The summed E-state index contributed by atoms with van der Waals surface area (Å²) in [5.41, 5.74) is 4.39. The van der Waals surface area contributed by atoms with Gasteiger partial charge in [-0.2, -0.15) is 5.10 Å². The second kappa shape index (κ2) is 15.6. The van der Waals surface area contributed by atoms with Crippen molar-refractivity contribution in [3.63, 3.8) is 0 Å². The van der Waals surface area contributed by atoms with Gasteiger partial charge in [0.1, 0.15) is 29.4 Å². The third-order valence-corrected chi connectivity index (χ3v) is 12.3. The van der Waals surface area contributed by atoms with Crippen LogP contribution in [-0.4, -0.2) is 105 Å². The molecule has 5 amide bonds. The van der Waals surface area contributed by atoms with Crippen molar-refractivity contribution in [2.45, 2.75) is 44.8 Å². The van der Waals surface area contributed by atoms with Crippen LogP contribution in [0.25, 0.3) is 22.2 Å². The number of ether oxygens (including phenoxy) is 1. The van der Waals surface area contributed by atoms with Crippen molar-refractivity contribution in [2.75, 3.05) is 49.1 Å². The number of nitrogens with one attached hydrogen (secondary N) is 2. The molecule has 1 unspecified atom stereocenters. The summed E-state index contributed by atoms with van der Waals surface area (Å²) in [6.07, 6.45) is 5.98. The summed E-state index contributed by atoms with van der Waals surface area (Å²) in [5.74, 6) is -0.611. The number of amides is 5. The molecule has 0 saturated carbocycles. The highest BCUT2D eigenvalue weighted by molar-refractivity contribution is 6.35. The standard InChI is InChI=1S/C42H39Cl2N9O6/c1-23(37-31(43)21-45-22-32(37)44)59-27-4-6-33-30(19-27)38(49-48-33)25-2-8-35(46-20-25)51-14-16-52(17-15-51)40(56)24-10-12-50(13-11-24)26-3-5-28-29(18-26)42(58)53(41(28)57)34-7-9-36(54)47-39(34)55/h2-6,8,18-24,34H,7,9-17H2,1H3,(H,48,49)(H,47,54,55)/t23-,34?/m1/s1. The van der Waals surface area contributed by atoms with Crippen LogP contribution >= 0.6 is 23.2 Å². The number of H-pyrrole nitrogens is 1. The third kappa shape index (κ3) is 7.22. The lowest BCUT2D eigenvalue weighted by Gasteiger charge is -2.39. The number of imide groups is 2. The Morgan fingerprint density at radius 3 is 2.29 bits per heavy atom. The number of piperazine rings is 1. The molecule has 2 N–H and O–H groups in total. The normalized spacial score (nSPS) is 19.3. The zero-order chi connectivity index (χ0) is 40.9. The van der Waals surface area contributed by atoms with E-state index < -0.39 is 35.8 Å². The Bertz CT molecular complexity index is 2490. The quantitative estimate of drug-likeness (QED) is 0.191. The van der Waals surface area contributed by atoms with Crippen LogP contribution in [0, 0.1) is 5.92 Å². The Labute approximate surface area is 348 Å². The van der Waals surface area contributed by atoms with Crippen molar-refractivity contribution in [1.82, 2.24) is 35.3 Å². The molecule has 15 nitrogen and oxygen atoms in total. The lowest BCUT2D eigenvalue weighted by molar-refractivity contribution is -0.137. The molecule has 4 aliphatic rings. The van der Waals surface area contributed by atoms with Crippen molar-refractivity contribution < 1.29 is 28.7 Å². The van der Waals surface area contributed by atoms with Crippen molar-refractivity contribution >= 4 is 75.1 Å². The van der Waals surface area contributed by atoms with E-state index in [1.807, 2.05) is 54.4 Å². The van der Waals surface area contributed by atoms with Gasteiger partial charge < -0.3 is 19.4 Å². The highest BCUT2D eigenvalue weighted by Gasteiger charge is 2.45. The van der Waals surface area contributed by atoms with Gasteiger partial charge in [-0.15, -0.1) is 0 Å². The zero-order valence-corrected chi connectivity index (χ0v) is 33.5. The number of anilines is 2. The van der Waals surface area contributed by atoms with E-state index in [-0.39, 0.29) is 35.8 Å².